The Balaban J connectivity index is 1.39. The van der Waals surface area contributed by atoms with E-state index in [0.717, 1.165) is 11.1 Å². The molecule has 7 nitrogen and oxygen atoms in total. The van der Waals surface area contributed by atoms with Gasteiger partial charge in [0.15, 0.2) is 5.78 Å². The van der Waals surface area contributed by atoms with Crippen LogP contribution in [0.25, 0.3) is 11.4 Å². The fraction of sp³-hybridized carbons (Fsp3) is 0.0870. The largest absolute Gasteiger partial charge is 0.322 e. The van der Waals surface area contributed by atoms with Gasteiger partial charge in [0, 0.05) is 22.4 Å². The second-order valence-corrected chi connectivity index (χ2v) is 6.83. The summed E-state index contributed by atoms with van der Waals surface area (Å²) in [5.41, 5.74) is 3.67. The molecule has 3 aromatic carbocycles. The quantitative estimate of drug-likeness (QED) is 0.500. The maximum atomic E-state index is 12.5. The van der Waals surface area contributed by atoms with Crippen LogP contribution >= 0.6 is 0 Å². The van der Waals surface area contributed by atoms with E-state index in [1.165, 1.54) is 4.80 Å². The van der Waals surface area contributed by atoms with E-state index >= 15 is 0 Å². The summed E-state index contributed by atoms with van der Waals surface area (Å²) in [6.45, 7) is 1.99. The lowest BCUT2D eigenvalue weighted by molar-refractivity contribution is 0.0960. The number of carbonyl (C=O) groups excluding carboxylic acids is 2. The van der Waals surface area contributed by atoms with Gasteiger partial charge in [-0.15, -0.1) is 10.2 Å². The molecule has 4 aromatic rings. The first-order valence-electron chi connectivity index (χ1n) is 9.43. The Morgan fingerprint density at radius 1 is 0.867 bits per heavy atom. The highest BCUT2D eigenvalue weighted by atomic mass is 16.1. The minimum Gasteiger partial charge on any atom is -0.322 e. The molecule has 0 bridgehead atoms. The number of nitrogens with zero attached hydrogens (tertiary/aromatic N) is 4. The maximum absolute atomic E-state index is 12.5. The highest BCUT2D eigenvalue weighted by molar-refractivity contribution is 6.04. The van der Waals surface area contributed by atoms with E-state index in [2.05, 4.69) is 20.7 Å². The summed E-state index contributed by atoms with van der Waals surface area (Å²) in [6, 6.07) is 23.4. The molecule has 1 heterocycles. The SMILES string of the molecule is Cc1ccc(-c2nnn(CC(=O)c3ccc(NC(=O)c4ccccc4)cc3)n2)cc1. The van der Waals surface area contributed by atoms with E-state index in [4.69, 9.17) is 0 Å². The molecule has 1 aromatic heterocycles. The smallest absolute Gasteiger partial charge is 0.255 e. The van der Waals surface area contributed by atoms with Gasteiger partial charge >= 0.3 is 0 Å². The number of amides is 1. The fourth-order valence-corrected chi connectivity index (χ4v) is 2.88. The number of anilines is 1. The lowest BCUT2D eigenvalue weighted by Gasteiger charge is -2.06. The molecule has 0 aliphatic carbocycles. The van der Waals surface area contributed by atoms with Crippen LogP contribution in [0.3, 0.4) is 0 Å². The van der Waals surface area contributed by atoms with Gasteiger partial charge < -0.3 is 5.32 Å². The summed E-state index contributed by atoms with van der Waals surface area (Å²) < 4.78 is 0. The van der Waals surface area contributed by atoms with Crippen LogP contribution in [0.4, 0.5) is 5.69 Å². The number of rotatable bonds is 6. The highest BCUT2D eigenvalue weighted by Gasteiger charge is 2.12. The van der Waals surface area contributed by atoms with Crippen molar-refractivity contribution in [1.82, 2.24) is 20.2 Å². The molecular weight excluding hydrogens is 378 g/mol. The van der Waals surface area contributed by atoms with Gasteiger partial charge in [-0.2, -0.15) is 4.80 Å². The number of carbonyl (C=O) groups is 2. The van der Waals surface area contributed by atoms with Crippen molar-refractivity contribution in [2.45, 2.75) is 13.5 Å². The predicted molar refractivity (Wildman–Crippen MR) is 113 cm³/mol. The summed E-state index contributed by atoms with van der Waals surface area (Å²) in [6.07, 6.45) is 0. The molecule has 1 amide bonds. The van der Waals surface area contributed by atoms with Gasteiger partial charge in [0.1, 0.15) is 6.54 Å². The van der Waals surface area contributed by atoms with Crippen molar-refractivity contribution in [3.8, 4) is 11.4 Å². The molecule has 7 heteroatoms. The Morgan fingerprint density at radius 2 is 1.57 bits per heavy atom. The van der Waals surface area contributed by atoms with E-state index in [1.807, 2.05) is 37.3 Å². The number of benzene rings is 3. The first-order chi connectivity index (χ1) is 14.6. The Labute approximate surface area is 173 Å². The average Bonchev–Trinajstić information content (AvgIpc) is 3.23. The van der Waals surface area contributed by atoms with Crippen LogP contribution in [-0.2, 0) is 6.54 Å². The lowest BCUT2D eigenvalue weighted by Crippen LogP contribution is -2.14. The summed E-state index contributed by atoms with van der Waals surface area (Å²) in [7, 11) is 0. The average molecular weight is 397 g/mol. The molecular formula is C23H19N5O2. The van der Waals surface area contributed by atoms with Crippen molar-refractivity contribution in [3.05, 3.63) is 95.6 Å². The molecule has 0 atom stereocenters. The zero-order valence-corrected chi connectivity index (χ0v) is 16.3. The molecule has 0 unspecified atom stereocenters. The van der Waals surface area contributed by atoms with Gasteiger partial charge in [0.25, 0.3) is 5.91 Å². The third-order valence-electron chi connectivity index (χ3n) is 4.55. The molecule has 4 rings (SSSR count). The Bertz CT molecular complexity index is 1170. The van der Waals surface area contributed by atoms with Crippen LogP contribution in [0.2, 0.25) is 0 Å². The summed E-state index contributed by atoms with van der Waals surface area (Å²) >= 11 is 0. The fourth-order valence-electron chi connectivity index (χ4n) is 2.88. The molecule has 0 radical (unpaired) electrons. The summed E-state index contributed by atoms with van der Waals surface area (Å²) in [4.78, 5) is 26.0. The molecule has 0 fully saturated rings. The first-order valence-corrected chi connectivity index (χ1v) is 9.43. The number of hydrogen-bond acceptors (Lipinski definition) is 5. The van der Waals surface area contributed by atoms with E-state index in [1.54, 1.807) is 48.5 Å². The zero-order valence-electron chi connectivity index (χ0n) is 16.3. The van der Waals surface area contributed by atoms with E-state index in [9.17, 15) is 9.59 Å². The van der Waals surface area contributed by atoms with E-state index < -0.39 is 0 Å². The number of nitrogens with one attached hydrogen (secondary N) is 1. The molecule has 30 heavy (non-hydrogen) atoms. The molecule has 0 spiro atoms. The molecule has 0 aliphatic rings. The van der Waals surface area contributed by atoms with Gasteiger partial charge in [-0.3, -0.25) is 9.59 Å². The lowest BCUT2D eigenvalue weighted by atomic mass is 10.1. The Hall–Kier alpha value is -4.13. The zero-order chi connectivity index (χ0) is 20.9. The van der Waals surface area contributed by atoms with Crippen LogP contribution in [-0.4, -0.2) is 31.9 Å². The highest BCUT2D eigenvalue weighted by Crippen LogP contribution is 2.15. The first kappa shape index (κ1) is 19.2. The second kappa shape index (κ2) is 8.48. The van der Waals surface area contributed by atoms with Gasteiger partial charge in [0.05, 0.1) is 0 Å². The van der Waals surface area contributed by atoms with Gasteiger partial charge in [-0.05, 0) is 48.5 Å². The van der Waals surface area contributed by atoms with Gasteiger partial charge in [-0.1, -0.05) is 48.0 Å². The van der Waals surface area contributed by atoms with Crippen molar-refractivity contribution < 1.29 is 9.59 Å². The minimum atomic E-state index is -0.204. The third kappa shape index (κ3) is 4.47. The molecule has 1 N–H and O–H groups in total. The Morgan fingerprint density at radius 3 is 2.27 bits per heavy atom. The van der Waals surface area contributed by atoms with Crippen molar-refractivity contribution in [2.75, 3.05) is 5.32 Å². The van der Waals surface area contributed by atoms with Crippen LogP contribution in [0, 0.1) is 6.92 Å². The van der Waals surface area contributed by atoms with Crippen molar-refractivity contribution in [2.24, 2.45) is 0 Å². The second-order valence-electron chi connectivity index (χ2n) is 6.83. The number of tetrazole rings is 1. The van der Waals surface area contributed by atoms with Crippen molar-refractivity contribution in [3.63, 3.8) is 0 Å². The monoisotopic (exact) mass is 397 g/mol. The molecule has 0 aliphatic heterocycles. The number of ketones is 1. The molecule has 0 saturated heterocycles. The topological polar surface area (TPSA) is 89.8 Å². The van der Waals surface area contributed by atoms with Gasteiger partial charge in [-0.25, -0.2) is 0 Å². The van der Waals surface area contributed by atoms with Crippen LogP contribution in [0.1, 0.15) is 26.3 Å². The summed E-state index contributed by atoms with van der Waals surface area (Å²) in [5, 5.41) is 15.1. The standard InChI is InChI=1S/C23H19N5O2/c1-16-7-9-18(10-8-16)22-25-27-28(26-22)15-21(29)17-11-13-20(14-12-17)24-23(30)19-5-3-2-4-6-19/h2-14H,15H2,1H3,(H,24,30). The number of Topliss-reactive ketones (excluding diaryl/α,β-unsaturated/α-hetero) is 1. The minimum absolute atomic E-state index is 0.0193. The number of aromatic nitrogens is 4. The van der Waals surface area contributed by atoms with Gasteiger partial charge in [0.2, 0.25) is 5.82 Å². The van der Waals surface area contributed by atoms with Crippen LogP contribution in [0.15, 0.2) is 78.9 Å². The normalized spacial score (nSPS) is 10.6. The van der Waals surface area contributed by atoms with Crippen LogP contribution < -0.4 is 5.32 Å². The molecule has 148 valence electrons. The maximum Gasteiger partial charge on any atom is 0.255 e. The Kier molecular flexibility index (Phi) is 5.43. The summed E-state index contributed by atoms with van der Waals surface area (Å²) in [5.74, 6) is 0.121. The van der Waals surface area contributed by atoms with Crippen molar-refractivity contribution in [1.29, 1.82) is 0 Å². The van der Waals surface area contributed by atoms with Crippen LogP contribution in [0.5, 0.6) is 0 Å². The number of aryl methyl sites for hydroxylation is 1. The van der Waals surface area contributed by atoms with E-state index in [-0.39, 0.29) is 18.2 Å². The van der Waals surface area contributed by atoms with Crippen molar-refractivity contribution >= 4 is 17.4 Å². The molecule has 0 saturated carbocycles. The van der Waals surface area contributed by atoms with E-state index in [0.29, 0.717) is 22.6 Å². The number of hydrogen-bond donors (Lipinski definition) is 1. The third-order valence-corrected chi connectivity index (χ3v) is 4.55. The predicted octanol–water partition coefficient (Wildman–Crippen LogP) is 3.78.